The standard InChI is InChI=1S/C10H18N2O/c11-6-2-5-10-12-7-9(13-10)8-3-1-4-8/h8-9H,1-7,11H2. The van der Waals surface area contributed by atoms with E-state index < -0.39 is 0 Å². The Balaban J connectivity index is 1.71. The third-order valence-electron chi connectivity index (χ3n) is 3.01. The van der Waals surface area contributed by atoms with Crippen LogP contribution >= 0.6 is 0 Å². The monoisotopic (exact) mass is 182 g/mol. The molecule has 1 heterocycles. The molecule has 0 saturated heterocycles. The highest BCUT2D eigenvalue weighted by Gasteiger charge is 2.32. The summed E-state index contributed by atoms with van der Waals surface area (Å²) in [7, 11) is 0. The Labute approximate surface area is 79.4 Å². The normalized spacial score (nSPS) is 28.1. The molecule has 1 fully saturated rings. The minimum atomic E-state index is 0.404. The third kappa shape index (κ3) is 2.02. The molecule has 0 amide bonds. The third-order valence-corrected chi connectivity index (χ3v) is 3.01. The first kappa shape index (κ1) is 9.00. The van der Waals surface area contributed by atoms with Crippen LogP contribution in [-0.4, -0.2) is 25.1 Å². The largest absolute Gasteiger partial charge is 0.475 e. The number of nitrogens with zero attached hydrogens (tertiary/aromatic N) is 1. The van der Waals surface area contributed by atoms with Gasteiger partial charge in [0.1, 0.15) is 6.10 Å². The molecule has 0 aromatic carbocycles. The lowest BCUT2D eigenvalue weighted by molar-refractivity contribution is 0.0956. The van der Waals surface area contributed by atoms with E-state index in [9.17, 15) is 0 Å². The van der Waals surface area contributed by atoms with Gasteiger partial charge in [0.25, 0.3) is 0 Å². The van der Waals surface area contributed by atoms with E-state index in [1.54, 1.807) is 0 Å². The molecule has 74 valence electrons. The summed E-state index contributed by atoms with van der Waals surface area (Å²) in [6, 6.07) is 0. The van der Waals surface area contributed by atoms with Gasteiger partial charge in [0.2, 0.25) is 0 Å². The summed E-state index contributed by atoms with van der Waals surface area (Å²) >= 11 is 0. The number of nitrogens with two attached hydrogens (primary N) is 1. The van der Waals surface area contributed by atoms with Crippen molar-refractivity contribution >= 4 is 5.90 Å². The predicted molar refractivity (Wildman–Crippen MR) is 52.8 cm³/mol. The second-order valence-electron chi connectivity index (χ2n) is 3.97. The van der Waals surface area contributed by atoms with E-state index in [4.69, 9.17) is 10.5 Å². The van der Waals surface area contributed by atoms with Crippen molar-refractivity contribution in [2.45, 2.75) is 38.2 Å². The molecule has 13 heavy (non-hydrogen) atoms. The van der Waals surface area contributed by atoms with Gasteiger partial charge < -0.3 is 10.5 Å². The van der Waals surface area contributed by atoms with Gasteiger partial charge >= 0.3 is 0 Å². The van der Waals surface area contributed by atoms with Gasteiger partial charge in [-0.25, -0.2) is 0 Å². The smallest absolute Gasteiger partial charge is 0.183 e. The van der Waals surface area contributed by atoms with Gasteiger partial charge in [0.15, 0.2) is 5.90 Å². The molecule has 2 rings (SSSR count). The first-order valence-corrected chi connectivity index (χ1v) is 5.30. The van der Waals surface area contributed by atoms with Crippen molar-refractivity contribution in [3.63, 3.8) is 0 Å². The predicted octanol–water partition coefficient (Wildman–Crippen LogP) is 1.32. The Bertz CT molecular complexity index is 199. The van der Waals surface area contributed by atoms with Gasteiger partial charge in [0, 0.05) is 6.42 Å². The van der Waals surface area contributed by atoms with Crippen LogP contribution in [0.2, 0.25) is 0 Å². The van der Waals surface area contributed by atoms with E-state index in [0.29, 0.717) is 6.10 Å². The van der Waals surface area contributed by atoms with Crippen LogP contribution in [0.15, 0.2) is 4.99 Å². The minimum absolute atomic E-state index is 0.404. The van der Waals surface area contributed by atoms with E-state index in [-0.39, 0.29) is 0 Å². The van der Waals surface area contributed by atoms with Crippen molar-refractivity contribution < 1.29 is 4.74 Å². The van der Waals surface area contributed by atoms with Crippen molar-refractivity contribution in [3.8, 4) is 0 Å². The average molecular weight is 182 g/mol. The van der Waals surface area contributed by atoms with Crippen LogP contribution < -0.4 is 5.73 Å². The molecule has 0 spiro atoms. The molecule has 3 nitrogen and oxygen atoms in total. The maximum Gasteiger partial charge on any atom is 0.183 e. The molecule has 1 atom stereocenters. The first-order chi connectivity index (χ1) is 6.40. The highest BCUT2D eigenvalue weighted by atomic mass is 16.5. The second-order valence-corrected chi connectivity index (χ2v) is 3.97. The number of ether oxygens (including phenoxy) is 1. The summed E-state index contributed by atoms with van der Waals surface area (Å²) in [4.78, 5) is 4.40. The lowest BCUT2D eigenvalue weighted by Gasteiger charge is -2.30. The molecule has 2 N–H and O–H groups in total. The second kappa shape index (κ2) is 4.09. The maximum atomic E-state index is 5.76. The topological polar surface area (TPSA) is 47.6 Å². The van der Waals surface area contributed by atoms with Crippen molar-refractivity contribution in [2.24, 2.45) is 16.6 Å². The van der Waals surface area contributed by atoms with Crippen LogP contribution in [0.1, 0.15) is 32.1 Å². The maximum absolute atomic E-state index is 5.76. The SMILES string of the molecule is NCCCC1=NCC(C2CCC2)O1. The molecule has 1 unspecified atom stereocenters. The van der Waals surface area contributed by atoms with Crippen LogP contribution in [0.5, 0.6) is 0 Å². The molecule has 0 aromatic heterocycles. The average Bonchev–Trinajstić information content (AvgIpc) is 2.46. The Morgan fingerprint density at radius 3 is 2.92 bits per heavy atom. The van der Waals surface area contributed by atoms with E-state index in [1.165, 1.54) is 19.3 Å². The molecule has 3 heteroatoms. The lowest BCUT2D eigenvalue weighted by Crippen LogP contribution is -2.29. The molecule has 2 aliphatic rings. The fraction of sp³-hybridized carbons (Fsp3) is 0.900. The van der Waals surface area contributed by atoms with Gasteiger partial charge in [-0.2, -0.15) is 0 Å². The zero-order valence-electron chi connectivity index (χ0n) is 8.04. The zero-order valence-corrected chi connectivity index (χ0v) is 8.04. The highest BCUT2D eigenvalue weighted by molar-refractivity contribution is 5.77. The number of hydrogen-bond donors (Lipinski definition) is 1. The molecular formula is C10H18N2O. The fourth-order valence-electron chi connectivity index (χ4n) is 1.89. The van der Waals surface area contributed by atoms with Crippen molar-refractivity contribution in [2.75, 3.05) is 13.1 Å². The fourth-order valence-corrected chi connectivity index (χ4v) is 1.89. The van der Waals surface area contributed by atoms with Crippen molar-refractivity contribution in [1.82, 2.24) is 0 Å². The van der Waals surface area contributed by atoms with Crippen LogP contribution in [0.25, 0.3) is 0 Å². The summed E-state index contributed by atoms with van der Waals surface area (Å²) in [5.74, 6) is 1.74. The summed E-state index contributed by atoms with van der Waals surface area (Å²) in [5, 5.41) is 0. The first-order valence-electron chi connectivity index (χ1n) is 5.30. The number of rotatable bonds is 4. The van der Waals surface area contributed by atoms with Crippen LogP contribution in [0, 0.1) is 5.92 Å². The molecular weight excluding hydrogens is 164 g/mol. The summed E-state index contributed by atoms with van der Waals surface area (Å²) in [6.45, 7) is 1.63. The molecule has 0 radical (unpaired) electrons. The Morgan fingerprint density at radius 1 is 1.46 bits per heavy atom. The van der Waals surface area contributed by atoms with Crippen molar-refractivity contribution in [1.29, 1.82) is 0 Å². The van der Waals surface area contributed by atoms with Crippen LogP contribution in [0.3, 0.4) is 0 Å². The highest BCUT2D eigenvalue weighted by Crippen LogP contribution is 2.33. The summed E-state index contributed by atoms with van der Waals surface area (Å²) < 4.78 is 5.76. The van der Waals surface area contributed by atoms with Crippen LogP contribution in [0.4, 0.5) is 0 Å². The van der Waals surface area contributed by atoms with E-state index in [0.717, 1.165) is 37.7 Å². The van der Waals surface area contributed by atoms with Gasteiger partial charge in [-0.15, -0.1) is 0 Å². The molecule has 1 aliphatic heterocycles. The quantitative estimate of drug-likeness (QED) is 0.713. The van der Waals surface area contributed by atoms with E-state index in [2.05, 4.69) is 4.99 Å². The van der Waals surface area contributed by atoms with Gasteiger partial charge in [-0.3, -0.25) is 4.99 Å². The molecule has 1 saturated carbocycles. The summed E-state index contributed by atoms with van der Waals surface area (Å²) in [6.07, 6.45) is 6.38. The van der Waals surface area contributed by atoms with E-state index in [1.807, 2.05) is 0 Å². The van der Waals surface area contributed by atoms with Gasteiger partial charge in [-0.1, -0.05) is 6.42 Å². The number of aliphatic imine (C=N–C) groups is 1. The Morgan fingerprint density at radius 2 is 2.31 bits per heavy atom. The van der Waals surface area contributed by atoms with E-state index >= 15 is 0 Å². The summed E-state index contributed by atoms with van der Waals surface area (Å²) in [5.41, 5.74) is 5.43. The lowest BCUT2D eigenvalue weighted by atomic mass is 9.81. The Kier molecular flexibility index (Phi) is 2.83. The molecule has 0 bridgehead atoms. The van der Waals surface area contributed by atoms with Crippen molar-refractivity contribution in [3.05, 3.63) is 0 Å². The van der Waals surface area contributed by atoms with Crippen LogP contribution in [-0.2, 0) is 4.74 Å². The zero-order chi connectivity index (χ0) is 9.10. The Hall–Kier alpha value is -0.570. The molecule has 1 aliphatic carbocycles. The van der Waals surface area contributed by atoms with Gasteiger partial charge in [0.05, 0.1) is 6.54 Å². The number of hydrogen-bond acceptors (Lipinski definition) is 3. The minimum Gasteiger partial charge on any atom is -0.475 e. The molecule has 0 aromatic rings. The van der Waals surface area contributed by atoms with Gasteiger partial charge in [-0.05, 0) is 31.7 Å².